The van der Waals surface area contributed by atoms with Gasteiger partial charge >= 0.3 is 0 Å². The first-order chi connectivity index (χ1) is 2.41. The van der Waals surface area contributed by atoms with E-state index in [-0.39, 0.29) is 0 Å². The van der Waals surface area contributed by atoms with Crippen molar-refractivity contribution in [3.8, 4) is 0 Å². The topological polar surface area (TPSA) is 0 Å². The van der Waals surface area contributed by atoms with Crippen molar-refractivity contribution < 1.29 is 0 Å². The zero-order chi connectivity index (χ0) is 4.12. The molecule has 0 rings (SSSR count). The van der Waals surface area contributed by atoms with Gasteiger partial charge in [0.25, 0.3) is 0 Å². The second-order valence-corrected chi connectivity index (χ2v) is 2.29. The highest BCUT2D eigenvalue weighted by atomic mass is 127. The van der Waals surface area contributed by atoms with Gasteiger partial charge < -0.3 is 0 Å². The monoisotopic (exact) mass is 202 g/mol. The summed E-state index contributed by atoms with van der Waals surface area (Å²) in [6.07, 6.45) is 1.24. The summed E-state index contributed by atoms with van der Waals surface area (Å²) in [6.45, 7) is 0. The Morgan fingerprint density at radius 3 is 2.20 bits per heavy atom. The molecule has 2 heteroatoms. The van der Waals surface area contributed by atoms with Gasteiger partial charge in [0, 0.05) is 4.43 Å². The van der Waals surface area contributed by atoms with Gasteiger partial charge in [-0.25, -0.2) is 0 Å². The van der Waals surface area contributed by atoms with E-state index >= 15 is 0 Å². The van der Waals surface area contributed by atoms with Gasteiger partial charge in [-0.3, -0.25) is 0 Å². The van der Waals surface area contributed by atoms with E-state index in [0.29, 0.717) is 0 Å². The third-order valence-electron chi connectivity index (χ3n) is 0.292. The van der Waals surface area contributed by atoms with Gasteiger partial charge in [0.2, 0.25) is 0 Å². The van der Waals surface area contributed by atoms with E-state index < -0.39 is 0 Å². The van der Waals surface area contributed by atoms with Crippen molar-refractivity contribution >= 4 is 35.2 Å². The Hall–Kier alpha value is 1.08. The first kappa shape index (κ1) is 6.08. The van der Waals surface area contributed by atoms with Crippen LogP contribution in [0.1, 0.15) is 6.42 Å². The lowest BCUT2D eigenvalue weighted by Gasteiger charge is -1.77. The zero-order valence-electron chi connectivity index (χ0n) is 2.95. The number of alkyl halides is 1. The minimum atomic E-state index is 1.03. The molecule has 0 bridgehead atoms. The quantitative estimate of drug-likeness (QED) is 0.393. The van der Waals surface area contributed by atoms with Crippen LogP contribution < -0.4 is 0 Å². The van der Waals surface area contributed by atoms with Gasteiger partial charge in [0.15, 0.2) is 0 Å². The molecule has 0 fully saturated rings. The van der Waals surface area contributed by atoms with Crippen LogP contribution >= 0.6 is 35.2 Å². The van der Waals surface area contributed by atoms with Gasteiger partial charge in [-0.2, -0.15) is 12.6 Å². The van der Waals surface area contributed by atoms with Crippen LogP contribution in [0, 0.1) is 0 Å². The molecule has 0 saturated carbocycles. The molecule has 0 aliphatic rings. The molecule has 32 valence electrons. The molecule has 0 radical (unpaired) electrons. The smallest absolute Gasteiger partial charge is 0.000303 e. The summed E-state index contributed by atoms with van der Waals surface area (Å²) in [6, 6.07) is 0. The molecule has 0 saturated heterocycles. The molecular weight excluding hydrogens is 195 g/mol. The Labute approximate surface area is 51.9 Å². The van der Waals surface area contributed by atoms with Gasteiger partial charge in [0.1, 0.15) is 0 Å². The van der Waals surface area contributed by atoms with Gasteiger partial charge in [0.05, 0.1) is 0 Å². The third kappa shape index (κ3) is 5.08. The standard InChI is InChI=1S/C3H7IS/c4-2-1-3-5/h5H,1-3H2. The molecule has 0 N–H and O–H groups in total. The van der Waals surface area contributed by atoms with Gasteiger partial charge in [-0.05, 0) is 12.2 Å². The Bertz CT molecular complexity index is 14.4. The summed E-state index contributed by atoms with van der Waals surface area (Å²) in [5.41, 5.74) is 0. The molecule has 0 atom stereocenters. The molecule has 0 aromatic heterocycles. The van der Waals surface area contributed by atoms with Crippen molar-refractivity contribution in [2.24, 2.45) is 0 Å². The lowest BCUT2D eigenvalue weighted by Crippen LogP contribution is -1.70. The molecule has 0 aliphatic carbocycles. The maximum absolute atomic E-state index is 4.00. The van der Waals surface area contributed by atoms with E-state index in [9.17, 15) is 0 Å². The molecule has 0 nitrogen and oxygen atoms in total. The SMILES string of the molecule is SCCCI. The van der Waals surface area contributed by atoms with Crippen molar-refractivity contribution in [2.75, 3.05) is 10.2 Å². The number of rotatable bonds is 2. The fraction of sp³-hybridized carbons (Fsp3) is 1.00. The highest BCUT2D eigenvalue weighted by molar-refractivity contribution is 14.1. The van der Waals surface area contributed by atoms with Crippen molar-refractivity contribution in [2.45, 2.75) is 6.42 Å². The summed E-state index contributed by atoms with van der Waals surface area (Å²) in [4.78, 5) is 0. The minimum Gasteiger partial charge on any atom is -0.179 e. The molecule has 0 aromatic carbocycles. The van der Waals surface area contributed by atoms with Crippen LogP contribution in [0.5, 0.6) is 0 Å². The van der Waals surface area contributed by atoms with E-state index in [1.54, 1.807) is 0 Å². The lowest BCUT2D eigenvalue weighted by molar-refractivity contribution is 1.15. The first-order valence-corrected chi connectivity index (χ1v) is 3.74. The summed E-state index contributed by atoms with van der Waals surface area (Å²) >= 11 is 6.33. The molecule has 0 spiro atoms. The fourth-order valence-corrected chi connectivity index (χ4v) is 1.20. The van der Waals surface area contributed by atoms with Crippen LogP contribution in [0.4, 0.5) is 0 Å². The molecule has 0 aromatic rings. The normalized spacial score (nSPS) is 8.40. The van der Waals surface area contributed by atoms with Crippen molar-refractivity contribution in [1.29, 1.82) is 0 Å². The summed E-state index contributed by atoms with van der Waals surface area (Å²) in [7, 11) is 0. The Morgan fingerprint density at radius 1 is 1.60 bits per heavy atom. The van der Waals surface area contributed by atoms with Gasteiger partial charge in [-0.15, -0.1) is 0 Å². The summed E-state index contributed by atoms with van der Waals surface area (Å²) < 4.78 is 1.24. The average Bonchev–Trinajstić information content (AvgIpc) is 1.41. The number of hydrogen-bond donors (Lipinski definition) is 1. The van der Waals surface area contributed by atoms with Crippen LogP contribution in [0.25, 0.3) is 0 Å². The maximum Gasteiger partial charge on any atom is 0.000303 e. The van der Waals surface area contributed by atoms with Crippen molar-refractivity contribution in [3.63, 3.8) is 0 Å². The maximum atomic E-state index is 4.00. The largest absolute Gasteiger partial charge is 0.179 e. The van der Waals surface area contributed by atoms with Crippen LogP contribution in [-0.4, -0.2) is 10.2 Å². The molecule has 0 amide bonds. The third-order valence-corrected chi connectivity index (χ3v) is 1.37. The fourth-order valence-electron chi connectivity index (χ4n) is 0.0598. The summed E-state index contributed by atoms with van der Waals surface area (Å²) in [5, 5.41) is 0. The number of thiol groups is 1. The molecular formula is C3H7IS. The average molecular weight is 202 g/mol. The summed E-state index contributed by atoms with van der Waals surface area (Å²) in [5.74, 6) is 1.03. The Balaban J connectivity index is 2.19. The van der Waals surface area contributed by atoms with E-state index in [1.165, 1.54) is 10.8 Å². The Kier molecular flexibility index (Phi) is 6.18. The second kappa shape index (κ2) is 5.08. The van der Waals surface area contributed by atoms with Gasteiger partial charge in [-0.1, -0.05) is 22.6 Å². The van der Waals surface area contributed by atoms with Crippen molar-refractivity contribution in [3.05, 3.63) is 0 Å². The van der Waals surface area contributed by atoms with E-state index in [0.717, 1.165) is 5.75 Å². The Morgan fingerprint density at radius 2 is 2.20 bits per heavy atom. The van der Waals surface area contributed by atoms with Crippen LogP contribution in [0.2, 0.25) is 0 Å². The highest BCUT2D eigenvalue weighted by Crippen LogP contribution is 1.88. The molecule has 0 unspecified atom stereocenters. The second-order valence-electron chi connectivity index (χ2n) is 0.766. The lowest BCUT2D eigenvalue weighted by atomic mass is 10.6. The molecule has 0 heterocycles. The van der Waals surface area contributed by atoms with Crippen LogP contribution in [-0.2, 0) is 0 Å². The van der Waals surface area contributed by atoms with E-state index in [4.69, 9.17) is 0 Å². The first-order valence-electron chi connectivity index (χ1n) is 1.58. The van der Waals surface area contributed by atoms with E-state index in [1.807, 2.05) is 0 Å². The highest BCUT2D eigenvalue weighted by Gasteiger charge is 1.70. The van der Waals surface area contributed by atoms with Crippen molar-refractivity contribution in [1.82, 2.24) is 0 Å². The molecule has 0 aliphatic heterocycles. The van der Waals surface area contributed by atoms with Crippen LogP contribution in [0.15, 0.2) is 0 Å². The van der Waals surface area contributed by atoms with Crippen LogP contribution in [0.3, 0.4) is 0 Å². The predicted octanol–water partition coefficient (Wildman–Crippen LogP) is 1.74. The predicted molar refractivity (Wildman–Crippen MR) is 37.4 cm³/mol. The molecule has 5 heavy (non-hydrogen) atoms. The number of hydrogen-bond acceptors (Lipinski definition) is 1. The minimum absolute atomic E-state index is 1.03. The number of halogens is 1. The van der Waals surface area contributed by atoms with E-state index in [2.05, 4.69) is 35.2 Å². The zero-order valence-corrected chi connectivity index (χ0v) is 6.00.